The Balaban J connectivity index is 1.23. The molecule has 2 N–H and O–H groups in total. The molecule has 8 heteroatoms. The molecule has 7 nitrogen and oxygen atoms in total. The highest BCUT2D eigenvalue weighted by molar-refractivity contribution is 6.32. The van der Waals surface area contributed by atoms with Crippen molar-refractivity contribution in [2.75, 3.05) is 45.3 Å². The molecular formula is C35H42ClN3O4. The summed E-state index contributed by atoms with van der Waals surface area (Å²) in [5.74, 6) is 2.90. The SMILES string of the molecule is COc1cc2c(Oc3ccc(Nc4ccc(C(C)(C)C)cc4)cc3Cl)ccnc2cc1OCCCN1CCC(CO)CC1. The average molecular weight is 604 g/mol. The van der Waals surface area contributed by atoms with Crippen LogP contribution in [0.25, 0.3) is 10.9 Å². The third kappa shape index (κ3) is 7.91. The lowest BCUT2D eigenvalue weighted by Gasteiger charge is -2.30. The summed E-state index contributed by atoms with van der Waals surface area (Å²) in [6.07, 6.45) is 4.75. The topological polar surface area (TPSA) is 76.1 Å². The molecule has 1 aromatic heterocycles. The van der Waals surface area contributed by atoms with E-state index >= 15 is 0 Å². The standard InChI is InChI=1S/C35H42ClN3O4/c1-35(2,3)25-6-8-26(9-7-25)38-27-10-11-32(29(36)20-27)43-31-12-15-37-30-22-34(33(41-4)21-28(30)31)42-19-5-16-39-17-13-24(23-40)14-18-39/h6-12,15,20-22,24,38,40H,5,13-14,16-19,23H2,1-4H3. The molecule has 43 heavy (non-hydrogen) atoms. The summed E-state index contributed by atoms with van der Waals surface area (Å²) in [6, 6.07) is 19.7. The number of fused-ring (bicyclic) bond motifs is 1. The Bertz CT molecular complexity index is 1510. The predicted molar refractivity (Wildman–Crippen MR) is 175 cm³/mol. The van der Waals surface area contributed by atoms with Gasteiger partial charge in [-0.1, -0.05) is 44.5 Å². The van der Waals surface area contributed by atoms with Gasteiger partial charge in [-0.15, -0.1) is 0 Å². The van der Waals surface area contributed by atoms with E-state index in [1.807, 2.05) is 36.4 Å². The van der Waals surface area contributed by atoms with Crippen LogP contribution in [0.2, 0.25) is 5.02 Å². The lowest BCUT2D eigenvalue weighted by molar-refractivity contribution is 0.126. The number of methoxy groups -OCH3 is 1. The molecule has 1 fully saturated rings. The number of piperidine rings is 1. The fourth-order valence-electron chi connectivity index (χ4n) is 5.35. The zero-order valence-electron chi connectivity index (χ0n) is 25.5. The molecule has 3 aromatic carbocycles. The van der Waals surface area contributed by atoms with Crippen LogP contribution in [-0.2, 0) is 5.41 Å². The lowest BCUT2D eigenvalue weighted by Crippen LogP contribution is -2.35. The van der Waals surface area contributed by atoms with Crippen LogP contribution in [0.4, 0.5) is 11.4 Å². The maximum atomic E-state index is 9.35. The van der Waals surface area contributed by atoms with Crippen molar-refractivity contribution in [1.29, 1.82) is 0 Å². The van der Waals surface area contributed by atoms with Crippen LogP contribution in [0.5, 0.6) is 23.0 Å². The normalized spacial score (nSPS) is 14.6. The van der Waals surface area contributed by atoms with Gasteiger partial charge >= 0.3 is 0 Å². The highest BCUT2D eigenvalue weighted by atomic mass is 35.5. The van der Waals surface area contributed by atoms with Crippen LogP contribution in [0.3, 0.4) is 0 Å². The van der Waals surface area contributed by atoms with Crippen molar-refractivity contribution >= 4 is 33.9 Å². The van der Waals surface area contributed by atoms with Crippen LogP contribution in [0, 0.1) is 5.92 Å². The number of rotatable bonds is 11. The van der Waals surface area contributed by atoms with Crippen molar-refractivity contribution in [3.8, 4) is 23.0 Å². The number of hydrogen-bond acceptors (Lipinski definition) is 7. The molecule has 0 unspecified atom stereocenters. The zero-order valence-corrected chi connectivity index (χ0v) is 26.3. The maximum Gasteiger partial charge on any atom is 0.163 e. The van der Waals surface area contributed by atoms with Crippen LogP contribution in [0.15, 0.2) is 66.9 Å². The summed E-state index contributed by atoms with van der Waals surface area (Å²) in [5.41, 5.74) is 4.00. The highest BCUT2D eigenvalue weighted by Crippen LogP contribution is 2.39. The number of nitrogens with zero attached hydrogens (tertiary/aromatic N) is 2. The number of pyridine rings is 1. The second kappa shape index (κ2) is 13.8. The Morgan fingerprint density at radius 1 is 0.930 bits per heavy atom. The molecule has 0 radical (unpaired) electrons. The average Bonchev–Trinajstić information content (AvgIpc) is 3.00. The Hall–Kier alpha value is -3.52. The smallest absolute Gasteiger partial charge is 0.163 e. The Morgan fingerprint density at radius 3 is 2.35 bits per heavy atom. The summed E-state index contributed by atoms with van der Waals surface area (Å²) in [4.78, 5) is 6.99. The number of likely N-dealkylation sites (tertiary alicyclic amines) is 1. The van der Waals surface area contributed by atoms with Gasteiger partial charge in [0.25, 0.3) is 0 Å². The molecule has 1 aliphatic rings. The minimum absolute atomic E-state index is 0.107. The van der Waals surface area contributed by atoms with Gasteiger partial charge in [-0.3, -0.25) is 4.98 Å². The van der Waals surface area contributed by atoms with Crippen LogP contribution in [-0.4, -0.2) is 54.9 Å². The third-order valence-electron chi connectivity index (χ3n) is 8.02. The van der Waals surface area contributed by atoms with E-state index < -0.39 is 0 Å². The van der Waals surface area contributed by atoms with Gasteiger partial charge in [0, 0.05) is 42.2 Å². The van der Waals surface area contributed by atoms with Crippen LogP contribution in [0.1, 0.15) is 45.6 Å². The van der Waals surface area contributed by atoms with Crippen molar-refractivity contribution in [3.05, 3.63) is 77.4 Å². The van der Waals surface area contributed by atoms with Gasteiger partial charge in [-0.25, -0.2) is 0 Å². The third-order valence-corrected chi connectivity index (χ3v) is 8.32. The summed E-state index contributed by atoms with van der Waals surface area (Å²) < 4.78 is 18.1. The van der Waals surface area contributed by atoms with Gasteiger partial charge in [0.2, 0.25) is 0 Å². The quantitative estimate of drug-likeness (QED) is 0.167. The fourth-order valence-corrected chi connectivity index (χ4v) is 5.57. The second-order valence-corrected chi connectivity index (χ2v) is 12.6. The Kier molecular flexibility index (Phi) is 9.96. The van der Waals surface area contributed by atoms with Crippen LogP contribution >= 0.6 is 11.6 Å². The zero-order chi connectivity index (χ0) is 30.4. The minimum atomic E-state index is 0.107. The van der Waals surface area contributed by atoms with Gasteiger partial charge in [-0.2, -0.15) is 0 Å². The highest BCUT2D eigenvalue weighted by Gasteiger charge is 2.18. The monoisotopic (exact) mass is 603 g/mol. The molecule has 0 saturated carbocycles. The van der Waals surface area contributed by atoms with Gasteiger partial charge in [0.05, 0.1) is 24.3 Å². The lowest BCUT2D eigenvalue weighted by atomic mass is 9.87. The molecular weight excluding hydrogens is 562 g/mol. The van der Waals surface area contributed by atoms with Gasteiger partial charge in [-0.05, 0) is 91.7 Å². The van der Waals surface area contributed by atoms with E-state index in [2.05, 4.69) is 60.2 Å². The molecule has 5 rings (SSSR count). The first-order valence-electron chi connectivity index (χ1n) is 15.0. The van der Waals surface area contributed by atoms with Crippen molar-refractivity contribution in [2.45, 2.75) is 45.4 Å². The van der Waals surface area contributed by atoms with Crippen molar-refractivity contribution in [1.82, 2.24) is 9.88 Å². The summed E-state index contributed by atoms with van der Waals surface area (Å²) in [6.45, 7) is 10.5. The van der Waals surface area contributed by atoms with E-state index in [0.29, 0.717) is 47.2 Å². The predicted octanol–water partition coefficient (Wildman–Crippen LogP) is 8.20. The number of anilines is 2. The number of aliphatic hydroxyl groups is 1. The molecule has 4 aromatic rings. The van der Waals surface area contributed by atoms with E-state index in [1.54, 1.807) is 13.3 Å². The number of aliphatic hydroxyl groups excluding tert-OH is 1. The molecule has 2 heterocycles. The van der Waals surface area contributed by atoms with E-state index in [1.165, 1.54) is 5.56 Å². The fraction of sp³-hybridized carbons (Fsp3) is 0.400. The van der Waals surface area contributed by atoms with E-state index in [4.69, 9.17) is 25.8 Å². The molecule has 0 amide bonds. The number of halogens is 1. The first-order chi connectivity index (χ1) is 20.7. The van der Waals surface area contributed by atoms with Crippen molar-refractivity contribution < 1.29 is 19.3 Å². The number of benzene rings is 3. The van der Waals surface area contributed by atoms with Gasteiger partial charge < -0.3 is 29.5 Å². The first kappa shape index (κ1) is 30.9. The summed E-state index contributed by atoms with van der Waals surface area (Å²) in [5, 5.41) is 14.1. The minimum Gasteiger partial charge on any atom is -0.493 e. The largest absolute Gasteiger partial charge is 0.493 e. The molecule has 0 atom stereocenters. The molecule has 1 saturated heterocycles. The van der Waals surface area contributed by atoms with E-state index in [9.17, 15) is 5.11 Å². The molecule has 0 spiro atoms. The molecule has 0 aliphatic carbocycles. The second-order valence-electron chi connectivity index (χ2n) is 12.2. The Labute approximate surface area is 259 Å². The molecule has 228 valence electrons. The summed E-state index contributed by atoms with van der Waals surface area (Å²) in [7, 11) is 1.63. The molecule has 0 bridgehead atoms. The Morgan fingerprint density at radius 2 is 1.67 bits per heavy atom. The van der Waals surface area contributed by atoms with Crippen molar-refractivity contribution in [2.24, 2.45) is 5.92 Å². The van der Waals surface area contributed by atoms with Crippen molar-refractivity contribution in [3.63, 3.8) is 0 Å². The number of ether oxygens (including phenoxy) is 3. The van der Waals surface area contributed by atoms with E-state index in [-0.39, 0.29) is 5.41 Å². The maximum absolute atomic E-state index is 9.35. The number of nitrogens with one attached hydrogen (secondary N) is 1. The number of aromatic nitrogens is 1. The first-order valence-corrected chi connectivity index (χ1v) is 15.4. The van der Waals surface area contributed by atoms with Gasteiger partial charge in [0.15, 0.2) is 11.5 Å². The van der Waals surface area contributed by atoms with Crippen LogP contribution < -0.4 is 19.5 Å². The molecule has 1 aliphatic heterocycles. The number of hydrogen-bond donors (Lipinski definition) is 2. The van der Waals surface area contributed by atoms with Gasteiger partial charge in [0.1, 0.15) is 11.5 Å². The van der Waals surface area contributed by atoms with E-state index in [0.717, 1.165) is 61.2 Å². The summed E-state index contributed by atoms with van der Waals surface area (Å²) >= 11 is 6.67.